The van der Waals surface area contributed by atoms with Gasteiger partial charge < -0.3 is 10.2 Å². The number of likely N-dealkylation sites (tertiary alicyclic amines) is 1. The molecule has 1 aliphatic carbocycles. The average Bonchev–Trinajstić information content (AvgIpc) is 3.10. The number of hydrogen-bond donors (Lipinski definition) is 1. The maximum absolute atomic E-state index is 12.6. The Morgan fingerprint density at radius 3 is 2.64 bits per heavy atom. The van der Waals surface area contributed by atoms with Crippen LogP contribution >= 0.6 is 11.3 Å². The molecule has 1 aliphatic heterocycles. The summed E-state index contributed by atoms with van der Waals surface area (Å²) in [6.45, 7) is 4.01. The van der Waals surface area contributed by atoms with Gasteiger partial charge in [-0.1, -0.05) is 19.3 Å². The van der Waals surface area contributed by atoms with E-state index in [0.717, 1.165) is 43.8 Å². The van der Waals surface area contributed by atoms with Gasteiger partial charge in [-0.25, -0.2) is 4.98 Å². The van der Waals surface area contributed by atoms with Crippen molar-refractivity contribution in [2.45, 2.75) is 64.0 Å². The molecule has 1 aromatic rings. The van der Waals surface area contributed by atoms with Crippen LogP contribution in [0.15, 0.2) is 11.6 Å². The van der Waals surface area contributed by atoms with Crippen molar-refractivity contribution in [3.05, 3.63) is 16.6 Å². The van der Waals surface area contributed by atoms with E-state index in [2.05, 4.69) is 22.1 Å². The van der Waals surface area contributed by atoms with Crippen molar-refractivity contribution >= 4 is 17.2 Å². The number of amides is 1. The van der Waals surface area contributed by atoms with Crippen LogP contribution in [0.3, 0.4) is 0 Å². The molecule has 1 atom stereocenters. The lowest BCUT2D eigenvalue weighted by Crippen LogP contribution is -2.47. The first-order chi connectivity index (χ1) is 10.7. The minimum absolute atomic E-state index is 0.311. The van der Waals surface area contributed by atoms with Gasteiger partial charge in [0.05, 0.1) is 6.04 Å². The molecular weight excluding hydrogens is 294 g/mol. The lowest BCUT2D eigenvalue weighted by molar-refractivity contribution is -0.137. The number of piperidine rings is 1. The van der Waals surface area contributed by atoms with E-state index in [1.54, 1.807) is 11.3 Å². The molecular formula is C17H27N3OS. The van der Waals surface area contributed by atoms with Gasteiger partial charge in [0.2, 0.25) is 5.91 Å². The molecule has 4 nitrogen and oxygen atoms in total. The second-order valence-corrected chi connectivity index (χ2v) is 7.62. The number of rotatable bonds is 4. The Labute approximate surface area is 137 Å². The Morgan fingerprint density at radius 1 is 1.27 bits per heavy atom. The van der Waals surface area contributed by atoms with Crippen LogP contribution in [0.1, 0.15) is 62.9 Å². The summed E-state index contributed by atoms with van der Waals surface area (Å²) in [6.07, 6.45) is 9.99. The Hall–Kier alpha value is -0.940. The summed E-state index contributed by atoms with van der Waals surface area (Å²) in [6, 6.07) is 0.819. The van der Waals surface area contributed by atoms with Crippen LogP contribution in [-0.4, -0.2) is 34.9 Å². The molecule has 0 spiro atoms. The van der Waals surface area contributed by atoms with E-state index >= 15 is 0 Å². The van der Waals surface area contributed by atoms with Gasteiger partial charge in [-0.2, -0.15) is 0 Å². The minimum atomic E-state index is 0.311. The van der Waals surface area contributed by atoms with Gasteiger partial charge in [0.25, 0.3) is 0 Å². The molecule has 122 valence electrons. The summed E-state index contributed by atoms with van der Waals surface area (Å²) in [4.78, 5) is 19.1. The van der Waals surface area contributed by atoms with Crippen molar-refractivity contribution in [3.63, 3.8) is 0 Å². The van der Waals surface area contributed by atoms with E-state index in [1.807, 2.05) is 11.6 Å². The summed E-state index contributed by atoms with van der Waals surface area (Å²) >= 11 is 1.71. The Kier molecular flexibility index (Phi) is 5.47. The van der Waals surface area contributed by atoms with Crippen LogP contribution in [-0.2, 0) is 4.79 Å². The Morgan fingerprint density at radius 2 is 2.00 bits per heavy atom. The third kappa shape index (κ3) is 3.87. The molecule has 22 heavy (non-hydrogen) atoms. The van der Waals surface area contributed by atoms with Crippen LogP contribution in [0.4, 0.5) is 0 Å². The van der Waals surface area contributed by atoms with E-state index in [9.17, 15) is 4.79 Å². The molecule has 1 N–H and O–H groups in total. The average molecular weight is 321 g/mol. The maximum atomic E-state index is 12.6. The number of nitrogens with zero attached hydrogens (tertiary/aromatic N) is 2. The molecule has 2 fully saturated rings. The topological polar surface area (TPSA) is 45.2 Å². The Bertz CT molecular complexity index is 462. The number of nitrogens with one attached hydrogen (secondary N) is 1. The highest BCUT2D eigenvalue weighted by Crippen LogP contribution is 2.27. The van der Waals surface area contributed by atoms with E-state index in [1.165, 1.54) is 19.3 Å². The number of carbonyl (C=O) groups excluding carboxylic acids is 1. The standard InChI is InChI=1S/C17H27N3OS/c1-13(16-18-9-12-22-16)19-15-7-10-20(11-8-15)17(21)14-5-3-2-4-6-14/h9,12-15,19H,2-8,10-11H2,1H3/t13-/m1/s1. The first kappa shape index (κ1) is 15.9. The molecule has 1 saturated heterocycles. The van der Waals surface area contributed by atoms with E-state index < -0.39 is 0 Å². The maximum Gasteiger partial charge on any atom is 0.225 e. The fourth-order valence-corrected chi connectivity index (χ4v) is 4.40. The summed E-state index contributed by atoms with van der Waals surface area (Å²) in [7, 11) is 0. The van der Waals surface area contributed by atoms with Crippen molar-refractivity contribution in [3.8, 4) is 0 Å². The smallest absolute Gasteiger partial charge is 0.225 e. The molecule has 1 saturated carbocycles. The second-order valence-electron chi connectivity index (χ2n) is 6.69. The van der Waals surface area contributed by atoms with Crippen molar-refractivity contribution in [1.82, 2.24) is 15.2 Å². The minimum Gasteiger partial charge on any atom is -0.342 e. The molecule has 1 aromatic heterocycles. The fraction of sp³-hybridized carbons (Fsp3) is 0.765. The first-order valence-corrected chi connectivity index (χ1v) is 9.56. The van der Waals surface area contributed by atoms with E-state index in [-0.39, 0.29) is 0 Å². The molecule has 0 aromatic carbocycles. The number of hydrogen-bond acceptors (Lipinski definition) is 4. The highest BCUT2D eigenvalue weighted by atomic mass is 32.1. The van der Waals surface area contributed by atoms with Crippen molar-refractivity contribution in [2.75, 3.05) is 13.1 Å². The second kappa shape index (κ2) is 7.55. The van der Waals surface area contributed by atoms with Gasteiger partial charge >= 0.3 is 0 Å². The monoisotopic (exact) mass is 321 g/mol. The molecule has 0 bridgehead atoms. The van der Waals surface area contributed by atoms with Crippen LogP contribution in [0.2, 0.25) is 0 Å². The quantitative estimate of drug-likeness (QED) is 0.925. The molecule has 0 radical (unpaired) electrons. The van der Waals surface area contributed by atoms with Crippen molar-refractivity contribution in [1.29, 1.82) is 0 Å². The summed E-state index contributed by atoms with van der Waals surface area (Å²) in [5, 5.41) is 6.85. The molecule has 2 heterocycles. The van der Waals surface area contributed by atoms with Crippen LogP contribution in [0.5, 0.6) is 0 Å². The number of carbonyl (C=O) groups is 1. The zero-order valence-corrected chi connectivity index (χ0v) is 14.3. The van der Waals surface area contributed by atoms with E-state index in [4.69, 9.17) is 0 Å². The van der Waals surface area contributed by atoms with E-state index in [0.29, 0.717) is 23.9 Å². The fourth-order valence-electron chi connectivity index (χ4n) is 3.75. The predicted octanol–water partition coefficient (Wildman–Crippen LogP) is 3.37. The molecule has 2 aliphatic rings. The third-order valence-corrected chi connectivity index (χ3v) is 6.03. The highest BCUT2D eigenvalue weighted by molar-refractivity contribution is 7.09. The summed E-state index contributed by atoms with van der Waals surface area (Å²) in [5.41, 5.74) is 0. The van der Waals surface area contributed by atoms with Crippen LogP contribution in [0.25, 0.3) is 0 Å². The lowest BCUT2D eigenvalue weighted by Gasteiger charge is -2.36. The summed E-state index contributed by atoms with van der Waals surface area (Å²) < 4.78 is 0. The predicted molar refractivity (Wildman–Crippen MR) is 89.8 cm³/mol. The van der Waals surface area contributed by atoms with Crippen LogP contribution < -0.4 is 5.32 Å². The Balaban J connectivity index is 1.44. The molecule has 0 unspecified atom stereocenters. The number of thiazole rings is 1. The lowest BCUT2D eigenvalue weighted by atomic mass is 9.87. The molecule has 1 amide bonds. The van der Waals surface area contributed by atoms with Gasteiger partial charge in [0.15, 0.2) is 0 Å². The zero-order chi connectivity index (χ0) is 15.4. The van der Waals surface area contributed by atoms with Gasteiger partial charge in [0.1, 0.15) is 5.01 Å². The number of aromatic nitrogens is 1. The zero-order valence-electron chi connectivity index (χ0n) is 13.5. The van der Waals surface area contributed by atoms with Crippen LogP contribution in [0, 0.1) is 5.92 Å². The molecule has 3 rings (SSSR count). The van der Waals surface area contributed by atoms with Crippen molar-refractivity contribution < 1.29 is 4.79 Å². The highest BCUT2D eigenvalue weighted by Gasteiger charge is 2.29. The third-order valence-electron chi connectivity index (χ3n) is 5.07. The van der Waals surface area contributed by atoms with Gasteiger partial charge in [-0.3, -0.25) is 4.79 Å². The van der Waals surface area contributed by atoms with Crippen molar-refractivity contribution in [2.24, 2.45) is 5.92 Å². The van der Waals surface area contributed by atoms with Gasteiger partial charge in [0, 0.05) is 36.6 Å². The molecule has 5 heteroatoms. The largest absolute Gasteiger partial charge is 0.342 e. The van der Waals surface area contributed by atoms with Gasteiger partial charge in [-0.05, 0) is 32.6 Å². The SMILES string of the molecule is C[C@@H](NC1CCN(C(=O)C2CCCCC2)CC1)c1nccs1. The first-order valence-electron chi connectivity index (χ1n) is 8.68. The normalized spacial score (nSPS) is 22.7. The summed E-state index contributed by atoms with van der Waals surface area (Å²) in [5.74, 6) is 0.735. The van der Waals surface area contributed by atoms with Gasteiger partial charge in [-0.15, -0.1) is 11.3 Å².